The van der Waals surface area contributed by atoms with Gasteiger partial charge in [-0.25, -0.2) is 4.99 Å². The number of aromatic nitrogens is 3. The molecule has 0 bridgehead atoms. The monoisotopic (exact) mass is 382 g/mol. The Morgan fingerprint density at radius 1 is 1.29 bits per heavy atom. The molecule has 2 aromatic rings. The Hall–Kier alpha value is -2.41. The van der Waals surface area contributed by atoms with Gasteiger partial charge in [0.05, 0.1) is 19.2 Å². The van der Waals surface area contributed by atoms with Crippen LogP contribution in [-0.4, -0.2) is 39.5 Å². The van der Waals surface area contributed by atoms with Crippen molar-refractivity contribution in [2.45, 2.75) is 52.4 Å². The van der Waals surface area contributed by atoms with Crippen LogP contribution in [0.5, 0.6) is 0 Å². The van der Waals surface area contributed by atoms with Gasteiger partial charge >= 0.3 is 0 Å². The van der Waals surface area contributed by atoms with Crippen LogP contribution in [0.3, 0.4) is 0 Å². The van der Waals surface area contributed by atoms with Crippen molar-refractivity contribution in [3.63, 3.8) is 0 Å². The highest BCUT2D eigenvalue weighted by Gasteiger charge is 2.59. The lowest BCUT2D eigenvalue weighted by Crippen LogP contribution is -2.67. The van der Waals surface area contributed by atoms with E-state index in [1.165, 1.54) is 5.56 Å². The molecule has 1 aromatic carbocycles. The summed E-state index contributed by atoms with van der Waals surface area (Å²) in [6.07, 6.45) is 1.46. The summed E-state index contributed by atoms with van der Waals surface area (Å²) in [5.41, 5.74) is 1.28. The molecule has 7 heteroatoms. The van der Waals surface area contributed by atoms with Gasteiger partial charge in [-0.05, 0) is 18.9 Å². The Bertz CT molecular complexity index is 844. The molecular weight excluding hydrogens is 352 g/mol. The van der Waals surface area contributed by atoms with E-state index < -0.39 is 0 Å². The highest BCUT2D eigenvalue weighted by Crippen LogP contribution is 2.52. The topological polar surface area (TPSA) is 76.4 Å². The van der Waals surface area contributed by atoms with Gasteiger partial charge in [0, 0.05) is 31.0 Å². The van der Waals surface area contributed by atoms with E-state index in [1.807, 2.05) is 36.7 Å². The number of aliphatic imine (C=N–C) groups is 1. The van der Waals surface area contributed by atoms with Crippen molar-refractivity contribution in [3.05, 3.63) is 47.5 Å². The molecule has 2 fully saturated rings. The maximum absolute atomic E-state index is 5.93. The van der Waals surface area contributed by atoms with E-state index in [9.17, 15) is 0 Å². The second-order valence-corrected chi connectivity index (χ2v) is 8.41. The van der Waals surface area contributed by atoms with Gasteiger partial charge in [0.1, 0.15) is 5.82 Å². The number of fused-ring (bicyclic) bond motifs is 1. The Kier molecular flexibility index (Phi) is 5.10. The van der Waals surface area contributed by atoms with Crippen LogP contribution >= 0.6 is 0 Å². The first kappa shape index (κ1) is 18.9. The molecule has 28 heavy (non-hydrogen) atoms. The zero-order valence-electron chi connectivity index (χ0n) is 17.1. The smallest absolute Gasteiger partial charge is 0.192 e. The van der Waals surface area contributed by atoms with Crippen molar-refractivity contribution in [2.75, 3.05) is 6.61 Å². The average molecular weight is 383 g/mol. The van der Waals surface area contributed by atoms with Gasteiger partial charge in [0.15, 0.2) is 11.8 Å². The molecule has 1 saturated heterocycles. The molecule has 3 unspecified atom stereocenters. The number of benzene rings is 1. The SMILES string of the molecule is Cc1nnc(CNC(=NCc2ccccc2)NC2C3CCOC3C2(C)C)n1C. The third-order valence-corrected chi connectivity index (χ3v) is 6.25. The molecule has 1 aromatic heterocycles. The number of hydrogen-bond acceptors (Lipinski definition) is 4. The van der Waals surface area contributed by atoms with Crippen LogP contribution in [0.2, 0.25) is 0 Å². The molecule has 1 aliphatic carbocycles. The van der Waals surface area contributed by atoms with E-state index in [1.54, 1.807) is 0 Å². The fourth-order valence-electron chi connectivity index (χ4n) is 4.44. The molecular formula is C21H30N6O. The first-order valence-corrected chi connectivity index (χ1v) is 10.0. The summed E-state index contributed by atoms with van der Waals surface area (Å²) in [5.74, 6) is 3.16. The summed E-state index contributed by atoms with van der Waals surface area (Å²) in [7, 11) is 1.98. The van der Waals surface area contributed by atoms with E-state index in [-0.39, 0.29) is 5.41 Å². The summed E-state index contributed by atoms with van der Waals surface area (Å²) in [5, 5.41) is 15.5. The molecule has 2 heterocycles. The minimum atomic E-state index is 0.0950. The molecule has 4 rings (SSSR count). The summed E-state index contributed by atoms with van der Waals surface area (Å²) >= 11 is 0. The van der Waals surface area contributed by atoms with Crippen LogP contribution in [-0.2, 0) is 24.9 Å². The molecule has 150 valence electrons. The number of guanidine groups is 1. The lowest BCUT2D eigenvalue weighted by Gasteiger charge is -2.54. The number of aryl methyl sites for hydroxylation is 1. The largest absolute Gasteiger partial charge is 0.377 e. The van der Waals surface area contributed by atoms with Gasteiger partial charge in [0.25, 0.3) is 0 Å². The molecule has 7 nitrogen and oxygen atoms in total. The number of rotatable bonds is 5. The minimum Gasteiger partial charge on any atom is -0.377 e. The van der Waals surface area contributed by atoms with E-state index in [0.29, 0.717) is 31.2 Å². The zero-order chi connectivity index (χ0) is 19.7. The highest BCUT2D eigenvalue weighted by atomic mass is 16.5. The lowest BCUT2D eigenvalue weighted by atomic mass is 9.57. The standard InChI is InChI=1S/C21H30N6O/c1-14-25-26-17(27(14)4)13-23-20(22-12-15-8-6-5-7-9-15)24-18-16-10-11-28-19(16)21(18,2)3/h5-9,16,18-19H,10-13H2,1-4H3,(H2,22,23,24). The average Bonchev–Trinajstić information content (AvgIpc) is 3.28. The Morgan fingerprint density at radius 3 is 2.79 bits per heavy atom. The van der Waals surface area contributed by atoms with Gasteiger partial charge in [-0.1, -0.05) is 44.2 Å². The third kappa shape index (κ3) is 3.51. The summed E-state index contributed by atoms with van der Waals surface area (Å²) in [6.45, 7) is 8.58. The lowest BCUT2D eigenvalue weighted by molar-refractivity contribution is -0.106. The van der Waals surface area contributed by atoms with Crippen LogP contribution in [0.4, 0.5) is 0 Å². The maximum Gasteiger partial charge on any atom is 0.192 e. The quantitative estimate of drug-likeness (QED) is 0.612. The van der Waals surface area contributed by atoms with Gasteiger partial charge in [-0.2, -0.15) is 0 Å². The first-order valence-electron chi connectivity index (χ1n) is 10.0. The summed E-state index contributed by atoms with van der Waals surface area (Å²) < 4.78 is 7.93. The molecule has 0 amide bonds. The van der Waals surface area contributed by atoms with E-state index in [4.69, 9.17) is 9.73 Å². The van der Waals surface area contributed by atoms with E-state index >= 15 is 0 Å². The van der Waals surface area contributed by atoms with Gasteiger partial charge in [0.2, 0.25) is 0 Å². The molecule has 2 N–H and O–H groups in total. The molecule has 0 radical (unpaired) electrons. The molecule has 0 spiro atoms. The summed E-state index contributed by atoms with van der Waals surface area (Å²) in [4.78, 5) is 4.84. The predicted octanol–water partition coefficient (Wildman–Crippen LogP) is 2.17. The van der Waals surface area contributed by atoms with Gasteiger partial charge in [-0.3, -0.25) is 0 Å². The number of nitrogens with one attached hydrogen (secondary N) is 2. The Labute approximate surface area is 166 Å². The highest BCUT2D eigenvalue weighted by molar-refractivity contribution is 5.80. The van der Waals surface area contributed by atoms with Crippen molar-refractivity contribution >= 4 is 5.96 Å². The second-order valence-electron chi connectivity index (χ2n) is 8.41. The van der Waals surface area contributed by atoms with Crippen LogP contribution < -0.4 is 10.6 Å². The number of ether oxygens (including phenoxy) is 1. The zero-order valence-corrected chi connectivity index (χ0v) is 17.1. The van der Waals surface area contributed by atoms with E-state index in [0.717, 1.165) is 30.6 Å². The van der Waals surface area contributed by atoms with Crippen LogP contribution in [0.1, 0.15) is 37.5 Å². The first-order chi connectivity index (χ1) is 13.5. The van der Waals surface area contributed by atoms with Crippen molar-refractivity contribution in [1.82, 2.24) is 25.4 Å². The Balaban J connectivity index is 1.48. The normalized spacial score (nSPS) is 25.9. The van der Waals surface area contributed by atoms with Crippen molar-refractivity contribution in [3.8, 4) is 0 Å². The van der Waals surface area contributed by atoms with Crippen LogP contribution in [0.25, 0.3) is 0 Å². The predicted molar refractivity (Wildman–Crippen MR) is 109 cm³/mol. The van der Waals surface area contributed by atoms with Crippen molar-refractivity contribution in [1.29, 1.82) is 0 Å². The maximum atomic E-state index is 5.93. The number of hydrogen-bond donors (Lipinski definition) is 2. The fourth-order valence-corrected chi connectivity index (χ4v) is 4.44. The second kappa shape index (κ2) is 7.54. The van der Waals surface area contributed by atoms with Crippen LogP contribution in [0, 0.1) is 18.3 Å². The fraction of sp³-hybridized carbons (Fsp3) is 0.571. The van der Waals surface area contributed by atoms with E-state index in [2.05, 4.69) is 46.8 Å². The minimum absolute atomic E-state index is 0.0950. The van der Waals surface area contributed by atoms with Gasteiger partial charge in [-0.15, -0.1) is 10.2 Å². The van der Waals surface area contributed by atoms with Crippen molar-refractivity contribution in [2.24, 2.45) is 23.4 Å². The van der Waals surface area contributed by atoms with Crippen molar-refractivity contribution < 1.29 is 4.74 Å². The molecule has 1 saturated carbocycles. The molecule has 1 aliphatic heterocycles. The molecule has 2 aliphatic rings. The third-order valence-electron chi connectivity index (χ3n) is 6.25. The van der Waals surface area contributed by atoms with Crippen LogP contribution in [0.15, 0.2) is 35.3 Å². The number of nitrogens with zero attached hydrogens (tertiary/aromatic N) is 4. The Morgan fingerprint density at radius 2 is 2.07 bits per heavy atom. The van der Waals surface area contributed by atoms with Gasteiger partial charge < -0.3 is 19.9 Å². The molecule has 3 atom stereocenters. The summed E-state index contributed by atoms with van der Waals surface area (Å²) in [6, 6.07) is 10.7.